The third-order valence-electron chi connectivity index (χ3n) is 4.27. The van der Waals surface area contributed by atoms with Crippen LogP contribution in [0.1, 0.15) is 29.9 Å². The van der Waals surface area contributed by atoms with E-state index in [0.29, 0.717) is 34.1 Å². The third kappa shape index (κ3) is 2.82. The van der Waals surface area contributed by atoms with E-state index >= 15 is 0 Å². The number of hydrogen-bond donors (Lipinski definition) is 2. The van der Waals surface area contributed by atoms with Crippen LogP contribution in [0.4, 0.5) is 0 Å². The topological polar surface area (TPSA) is 93.7 Å². The fraction of sp³-hybridized carbons (Fsp3) is 0.263. The smallest absolute Gasteiger partial charge is 0.354 e. The molecule has 3 heterocycles. The number of nitrogens with one attached hydrogen (secondary N) is 1. The summed E-state index contributed by atoms with van der Waals surface area (Å²) in [6, 6.07) is 3.78. The van der Waals surface area contributed by atoms with E-state index in [2.05, 4.69) is 10.2 Å². The standard InChI is InChI=1S/C19H18N2O5S/c1-9(2)26-13-6-11-15-12(16(19(22)23)21-20-15)7-25-17(11)14(18(13)24-3)10-4-5-27-8-10/h4-6,8-9H,7H2,1-3H3,(H,20,21)(H,22,23). The lowest BCUT2D eigenvalue weighted by atomic mass is 9.95. The molecule has 3 aromatic rings. The molecule has 0 amide bonds. The molecule has 0 saturated carbocycles. The first-order chi connectivity index (χ1) is 13.0. The summed E-state index contributed by atoms with van der Waals surface area (Å²) in [4.78, 5) is 11.4. The highest BCUT2D eigenvalue weighted by molar-refractivity contribution is 7.08. The number of carbonyl (C=O) groups is 1. The number of aromatic amines is 1. The molecule has 0 radical (unpaired) electrons. The number of hydrogen-bond acceptors (Lipinski definition) is 6. The van der Waals surface area contributed by atoms with Gasteiger partial charge in [-0.3, -0.25) is 5.10 Å². The largest absolute Gasteiger partial charge is 0.492 e. The van der Waals surface area contributed by atoms with Gasteiger partial charge in [-0.25, -0.2) is 4.79 Å². The van der Waals surface area contributed by atoms with Crippen molar-refractivity contribution in [1.82, 2.24) is 10.2 Å². The average molecular weight is 386 g/mol. The van der Waals surface area contributed by atoms with Crippen LogP contribution in [0.2, 0.25) is 0 Å². The predicted octanol–water partition coefficient (Wildman–Crippen LogP) is 4.19. The summed E-state index contributed by atoms with van der Waals surface area (Å²) in [5.74, 6) is 0.681. The molecule has 1 aliphatic heterocycles. The Morgan fingerprint density at radius 2 is 2.26 bits per heavy atom. The maximum absolute atomic E-state index is 11.4. The lowest BCUT2D eigenvalue weighted by Gasteiger charge is -2.24. The summed E-state index contributed by atoms with van der Waals surface area (Å²) >= 11 is 1.57. The zero-order valence-corrected chi connectivity index (χ0v) is 15.8. The first kappa shape index (κ1) is 17.4. The van der Waals surface area contributed by atoms with E-state index in [-0.39, 0.29) is 18.4 Å². The summed E-state index contributed by atoms with van der Waals surface area (Å²) < 4.78 is 17.7. The number of carboxylic acid groups (broad SMARTS) is 1. The van der Waals surface area contributed by atoms with Gasteiger partial charge >= 0.3 is 5.97 Å². The van der Waals surface area contributed by atoms with Crippen molar-refractivity contribution in [2.75, 3.05) is 7.11 Å². The van der Waals surface area contributed by atoms with Gasteiger partial charge in [0.25, 0.3) is 0 Å². The van der Waals surface area contributed by atoms with Gasteiger partial charge in [0.15, 0.2) is 17.2 Å². The molecule has 140 valence electrons. The highest BCUT2D eigenvalue weighted by Crippen LogP contribution is 2.52. The number of thiophene rings is 1. The quantitative estimate of drug-likeness (QED) is 0.683. The number of H-pyrrole nitrogens is 1. The Kier molecular flexibility index (Phi) is 4.27. The Morgan fingerprint density at radius 3 is 2.89 bits per heavy atom. The van der Waals surface area contributed by atoms with Crippen LogP contribution in [0.15, 0.2) is 22.9 Å². The first-order valence-corrected chi connectivity index (χ1v) is 9.33. The van der Waals surface area contributed by atoms with E-state index in [1.54, 1.807) is 24.5 Å². The van der Waals surface area contributed by atoms with Crippen molar-refractivity contribution in [2.24, 2.45) is 0 Å². The minimum atomic E-state index is -1.07. The van der Waals surface area contributed by atoms with Crippen LogP contribution in [-0.2, 0) is 6.61 Å². The minimum Gasteiger partial charge on any atom is -0.492 e. The average Bonchev–Trinajstić information content (AvgIpc) is 3.29. The second kappa shape index (κ2) is 6.62. The van der Waals surface area contributed by atoms with Gasteiger partial charge in [0.1, 0.15) is 18.1 Å². The zero-order chi connectivity index (χ0) is 19.1. The van der Waals surface area contributed by atoms with Crippen molar-refractivity contribution in [3.05, 3.63) is 34.2 Å². The fourth-order valence-corrected chi connectivity index (χ4v) is 3.86. The maximum atomic E-state index is 11.4. The van der Waals surface area contributed by atoms with Crippen LogP contribution >= 0.6 is 11.3 Å². The lowest BCUT2D eigenvalue weighted by Crippen LogP contribution is -2.12. The summed E-state index contributed by atoms with van der Waals surface area (Å²) in [7, 11) is 1.59. The van der Waals surface area contributed by atoms with Crippen molar-refractivity contribution in [3.8, 4) is 39.6 Å². The van der Waals surface area contributed by atoms with Crippen molar-refractivity contribution in [1.29, 1.82) is 0 Å². The summed E-state index contributed by atoms with van der Waals surface area (Å²) in [6.07, 6.45) is -0.0648. The molecular formula is C19H18N2O5S. The Bertz CT molecular complexity index is 1010. The molecule has 27 heavy (non-hydrogen) atoms. The van der Waals surface area contributed by atoms with E-state index in [1.165, 1.54) is 0 Å². The van der Waals surface area contributed by atoms with Crippen molar-refractivity contribution < 1.29 is 24.1 Å². The normalized spacial score (nSPS) is 12.3. The highest BCUT2D eigenvalue weighted by atomic mass is 32.1. The molecule has 0 unspecified atom stereocenters. The van der Waals surface area contributed by atoms with Crippen LogP contribution in [0, 0.1) is 0 Å². The SMILES string of the molecule is COc1c(OC(C)C)cc2c(c1-c1ccsc1)OCc1c-2n[nH]c1C(=O)O. The number of aromatic nitrogens is 2. The van der Waals surface area contributed by atoms with E-state index in [4.69, 9.17) is 14.2 Å². The second-order valence-corrected chi connectivity index (χ2v) is 7.14. The predicted molar refractivity (Wildman–Crippen MR) is 101 cm³/mol. The zero-order valence-electron chi connectivity index (χ0n) is 15.0. The van der Waals surface area contributed by atoms with E-state index in [9.17, 15) is 9.90 Å². The van der Waals surface area contributed by atoms with Gasteiger partial charge in [0.05, 0.1) is 24.3 Å². The molecule has 2 aromatic heterocycles. The number of benzene rings is 1. The van der Waals surface area contributed by atoms with E-state index in [1.807, 2.05) is 30.7 Å². The highest BCUT2D eigenvalue weighted by Gasteiger charge is 2.32. The van der Waals surface area contributed by atoms with Gasteiger partial charge in [-0.2, -0.15) is 16.4 Å². The van der Waals surface area contributed by atoms with Gasteiger partial charge in [-0.05, 0) is 42.3 Å². The Balaban J connectivity index is 2.01. The van der Waals surface area contributed by atoms with Crippen LogP contribution in [-0.4, -0.2) is 34.5 Å². The van der Waals surface area contributed by atoms with E-state index < -0.39 is 5.97 Å². The number of nitrogens with zero attached hydrogens (tertiary/aromatic N) is 1. The molecule has 0 atom stereocenters. The molecule has 0 bridgehead atoms. The first-order valence-electron chi connectivity index (χ1n) is 8.39. The van der Waals surface area contributed by atoms with Gasteiger partial charge in [-0.15, -0.1) is 0 Å². The molecule has 8 heteroatoms. The molecule has 0 spiro atoms. The number of ether oxygens (including phenoxy) is 3. The fourth-order valence-electron chi connectivity index (χ4n) is 3.21. The molecule has 0 fully saturated rings. The second-order valence-electron chi connectivity index (χ2n) is 6.36. The lowest BCUT2D eigenvalue weighted by molar-refractivity contribution is 0.0687. The number of methoxy groups -OCH3 is 1. The molecule has 0 aliphatic carbocycles. The van der Waals surface area contributed by atoms with Gasteiger partial charge in [0, 0.05) is 5.56 Å². The molecular weight excluding hydrogens is 368 g/mol. The van der Waals surface area contributed by atoms with Gasteiger partial charge in [-0.1, -0.05) is 0 Å². The Labute approximate surface area is 159 Å². The molecule has 2 N–H and O–H groups in total. The van der Waals surface area contributed by atoms with Crippen molar-refractivity contribution in [2.45, 2.75) is 26.6 Å². The molecule has 0 saturated heterocycles. The van der Waals surface area contributed by atoms with Gasteiger partial charge < -0.3 is 19.3 Å². The number of carboxylic acids is 1. The molecule has 7 nitrogen and oxygen atoms in total. The molecule has 1 aliphatic rings. The Morgan fingerprint density at radius 1 is 1.44 bits per heavy atom. The third-order valence-corrected chi connectivity index (χ3v) is 4.95. The number of fused-ring (bicyclic) bond motifs is 3. The van der Waals surface area contributed by atoms with E-state index in [0.717, 1.165) is 11.1 Å². The van der Waals surface area contributed by atoms with Crippen LogP contribution in [0.25, 0.3) is 22.4 Å². The minimum absolute atomic E-state index is 0.0369. The summed E-state index contributed by atoms with van der Waals surface area (Å²) in [6.45, 7) is 3.98. The molecule has 4 rings (SSSR count). The molecule has 1 aromatic carbocycles. The maximum Gasteiger partial charge on any atom is 0.354 e. The van der Waals surface area contributed by atoms with Crippen LogP contribution < -0.4 is 14.2 Å². The monoisotopic (exact) mass is 386 g/mol. The van der Waals surface area contributed by atoms with Crippen LogP contribution in [0.3, 0.4) is 0 Å². The Hall–Kier alpha value is -3.00. The number of rotatable bonds is 5. The van der Waals surface area contributed by atoms with Crippen molar-refractivity contribution >= 4 is 17.3 Å². The number of aromatic carboxylic acids is 1. The van der Waals surface area contributed by atoms with Gasteiger partial charge in [0.2, 0.25) is 0 Å². The van der Waals surface area contributed by atoms with Crippen LogP contribution in [0.5, 0.6) is 17.2 Å². The summed E-state index contributed by atoms with van der Waals surface area (Å²) in [5.41, 5.74) is 3.51. The van der Waals surface area contributed by atoms with Crippen molar-refractivity contribution in [3.63, 3.8) is 0 Å². The summed E-state index contributed by atoms with van der Waals surface area (Å²) in [5, 5.41) is 20.2.